The first kappa shape index (κ1) is 20.9. The average molecular weight is 459 g/mol. The fraction of sp³-hybridized carbons (Fsp3) is 0.222. The maximum atomic E-state index is 14.7. The molecular weight excluding hydrogens is 436 g/mol. The molecule has 3 heterocycles. The number of imidazole rings is 1. The number of ether oxygens (including phenoxy) is 1. The quantitative estimate of drug-likeness (QED) is 0.461. The molecule has 34 heavy (non-hydrogen) atoms. The van der Waals surface area contributed by atoms with Crippen LogP contribution in [0.1, 0.15) is 34.7 Å². The van der Waals surface area contributed by atoms with Crippen LogP contribution in [-0.2, 0) is 6.61 Å². The molecule has 1 saturated heterocycles. The third-order valence-electron chi connectivity index (χ3n) is 6.80. The van der Waals surface area contributed by atoms with Crippen LogP contribution in [0, 0.1) is 11.6 Å². The van der Waals surface area contributed by atoms with Crippen LogP contribution < -0.4 is 10.4 Å². The van der Waals surface area contributed by atoms with Crippen LogP contribution in [0.3, 0.4) is 0 Å². The number of halogens is 2. The van der Waals surface area contributed by atoms with E-state index >= 15 is 0 Å². The zero-order valence-corrected chi connectivity index (χ0v) is 18.6. The maximum absolute atomic E-state index is 14.7. The van der Waals surface area contributed by atoms with Gasteiger partial charge in [0.2, 0.25) is 0 Å². The fourth-order valence-electron chi connectivity index (χ4n) is 5.14. The van der Waals surface area contributed by atoms with E-state index in [2.05, 4.69) is 16.9 Å². The minimum atomic E-state index is -0.414. The number of nitrogens with zero attached hydrogens (tertiary/aromatic N) is 2. The summed E-state index contributed by atoms with van der Waals surface area (Å²) in [6, 6.07) is 15.2. The number of likely N-dealkylation sites (N-methyl/N-ethyl adjacent to an activating group) is 1. The molecular formula is C27H23F2N3O2. The molecule has 6 rings (SSSR count). The molecule has 0 amide bonds. The van der Waals surface area contributed by atoms with Crippen molar-refractivity contribution in [3.63, 3.8) is 0 Å². The summed E-state index contributed by atoms with van der Waals surface area (Å²) in [5.74, 6) is -0.412. The first-order chi connectivity index (χ1) is 16.5. The molecule has 0 spiro atoms. The standard InChI is InChI=1S/C27H23F2N3O2/c1-31-10-9-18(14-31)32-25-8-5-16(12-24(25)30-27(32)33)11-21-19-3-2-4-23(29)22(19)15-34-26-13-17(28)6-7-20(21)26/h2-8,11-13,18H,9-10,14-15H2,1H3,(H,30,33)/b21-11+. The van der Waals surface area contributed by atoms with E-state index in [0.29, 0.717) is 22.4 Å². The van der Waals surface area contributed by atoms with Crippen LogP contribution in [0.4, 0.5) is 8.78 Å². The summed E-state index contributed by atoms with van der Waals surface area (Å²) in [4.78, 5) is 18.0. The molecule has 172 valence electrons. The van der Waals surface area contributed by atoms with Crippen molar-refractivity contribution in [2.45, 2.75) is 19.1 Å². The van der Waals surface area contributed by atoms with Crippen LogP contribution in [-0.4, -0.2) is 34.6 Å². The first-order valence-corrected chi connectivity index (χ1v) is 11.3. The van der Waals surface area contributed by atoms with E-state index in [0.717, 1.165) is 41.7 Å². The molecule has 5 nitrogen and oxygen atoms in total. The Morgan fingerprint density at radius 1 is 1.09 bits per heavy atom. The lowest BCUT2D eigenvalue weighted by molar-refractivity contribution is 0.299. The van der Waals surface area contributed by atoms with E-state index in [4.69, 9.17) is 4.74 Å². The number of fused-ring (bicyclic) bond motifs is 3. The highest BCUT2D eigenvalue weighted by Gasteiger charge is 2.25. The predicted molar refractivity (Wildman–Crippen MR) is 128 cm³/mol. The summed E-state index contributed by atoms with van der Waals surface area (Å²) in [7, 11) is 2.06. The highest BCUT2D eigenvalue weighted by molar-refractivity contribution is 5.95. The van der Waals surface area contributed by atoms with Crippen molar-refractivity contribution in [2.24, 2.45) is 0 Å². The average Bonchev–Trinajstić information content (AvgIpc) is 3.33. The van der Waals surface area contributed by atoms with Gasteiger partial charge < -0.3 is 14.6 Å². The van der Waals surface area contributed by atoms with Gasteiger partial charge in [-0.15, -0.1) is 0 Å². The van der Waals surface area contributed by atoms with Gasteiger partial charge in [-0.05, 0) is 73.1 Å². The Balaban J connectivity index is 1.51. The Morgan fingerprint density at radius 2 is 1.97 bits per heavy atom. The summed E-state index contributed by atoms with van der Waals surface area (Å²) in [5.41, 5.74) is 4.89. The summed E-state index contributed by atoms with van der Waals surface area (Å²) in [6.07, 6.45) is 2.87. The molecule has 7 heteroatoms. The largest absolute Gasteiger partial charge is 0.488 e. The molecule has 0 aliphatic carbocycles. The third-order valence-corrected chi connectivity index (χ3v) is 6.80. The second-order valence-corrected chi connectivity index (χ2v) is 9.03. The van der Waals surface area contributed by atoms with Crippen molar-refractivity contribution in [3.05, 3.63) is 99.0 Å². The lowest BCUT2D eigenvalue weighted by Crippen LogP contribution is -2.24. The number of aromatic amines is 1. The van der Waals surface area contributed by atoms with E-state index < -0.39 is 5.82 Å². The number of nitrogens with one attached hydrogen (secondary N) is 1. The first-order valence-electron chi connectivity index (χ1n) is 11.3. The molecule has 4 aromatic rings. The summed E-state index contributed by atoms with van der Waals surface area (Å²) >= 11 is 0. The molecule has 1 fully saturated rings. The van der Waals surface area contributed by atoms with Crippen molar-refractivity contribution in [1.29, 1.82) is 0 Å². The molecule has 2 aliphatic rings. The van der Waals surface area contributed by atoms with E-state index in [-0.39, 0.29) is 24.2 Å². The van der Waals surface area contributed by atoms with Gasteiger partial charge in [-0.1, -0.05) is 18.2 Å². The maximum Gasteiger partial charge on any atom is 0.326 e. The number of hydrogen-bond donors (Lipinski definition) is 1. The van der Waals surface area contributed by atoms with Crippen LogP contribution in [0.25, 0.3) is 22.7 Å². The Morgan fingerprint density at radius 3 is 2.79 bits per heavy atom. The van der Waals surface area contributed by atoms with Gasteiger partial charge in [-0.2, -0.15) is 0 Å². The number of likely N-dealkylation sites (tertiary alicyclic amines) is 1. The lowest BCUT2D eigenvalue weighted by Gasteiger charge is -2.13. The minimum absolute atomic E-state index is 0.0147. The highest BCUT2D eigenvalue weighted by atomic mass is 19.1. The number of hydrogen-bond acceptors (Lipinski definition) is 3. The number of rotatable bonds is 2. The molecule has 1 aromatic heterocycles. The van der Waals surface area contributed by atoms with Crippen molar-refractivity contribution < 1.29 is 13.5 Å². The Labute approximate surface area is 194 Å². The summed E-state index contributed by atoms with van der Waals surface area (Å²) in [5, 5.41) is 0. The predicted octanol–water partition coefficient (Wildman–Crippen LogP) is 4.97. The fourth-order valence-corrected chi connectivity index (χ4v) is 5.14. The molecule has 0 saturated carbocycles. The second-order valence-electron chi connectivity index (χ2n) is 9.03. The molecule has 1 unspecified atom stereocenters. The van der Waals surface area contributed by atoms with Gasteiger partial charge in [0.25, 0.3) is 0 Å². The molecule has 1 N–H and O–H groups in total. The van der Waals surface area contributed by atoms with Gasteiger partial charge in [0, 0.05) is 23.7 Å². The monoisotopic (exact) mass is 459 g/mol. The van der Waals surface area contributed by atoms with E-state index in [9.17, 15) is 13.6 Å². The SMILES string of the molecule is CN1CCC(n2c(=O)[nH]c3cc(/C=C4/c5ccc(F)cc5OCc5c(F)cccc54)ccc32)C1. The van der Waals surface area contributed by atoms with Gasteiger partial charge >= 0.3 is 5.69 Å². The van der Waals surface area contributed by atoms with E-state index in [1.54, 1.807) is 12.1 Å². The van der Waals surface area contributed by atoms with Gasteiger partial charge in [0.05, 0.1) is 17.1 Å². The van der Waals surface area contributed by atoms with Crippen molar-refractivity contribution in [1.82, 2.24) is 14.5 Å². The zero-order valence-electron chi connectivity index (χ0n) is 18.6. The smallest absolute Gasteiger partial charge is 0.326 e. The molecule has 0 bridgehead atoms. The lowest BCUT2D eigenvalue weighted by atomic mass is 9.92. The normalized spacial score (nSPS) is 19.1. The zero-order chi connectivity index (χ0) is 23.4. The molecule has 3 aromatic carbocycles. The number of benzene rings is 3. The Bertz CT molecular complexity index is 1520. The molecule has 1 atom stereocenters. The van der Waals surface area contributed by atoms with Gasteiger partial charge in [0.1, 0.15) is 24.0 Å². The second kappa shape index (κ2) is 7.95. The summed E-state index contributed by atoms with van der Waals surface area (Å²) in [6.45, 7) is 1.82. The minimum Gasteiger partial charge on any atom is -0.488 e. The van der Waals surface area contributed by atoms with E-state index in [1.807, 2.05) is 34.9 Å². The number of aromatic nitrogens is 2. The number of H-pyrrole nitrogens is 1. The van der Waals surface area contributed by atoms with Crippen LogP contribution in [0.5, 0.6) is 5.75 Å². The van der Waals surface area contributed by atoms with Crippen LogP contribution in [0.15, 0.2) is 59.4 Å². The van der Waals surface area contributed by atoms with Crippen LogP contribution in [0.2, 0.25) is 0 Å². The van der Waals surface area contributed by atoms with Gasteiger partial charge in [0.15, 0.2) is 0 Å². The van der Waals surface area contributed by atoms with E-state index in [1.165, 1.54) is 18.2 Å². The van der Waals surface area contributed by atoms with Crippen LogP contribution >= 0.6 is 0 Å². The topological polar surface area (TPSA) is 50.3 Å². The van der Waals surface area contributed by atoms with Crippen molar-refractivity contribution in [2.75, 3.05) is 20.1 Å². The van der Waals surface area contributed by atoms with Crippen molar-refractivity contribution >= 4 is 22.7 Å². The summed E-state index contributed by atoms with van der Waals surface area (Å²) < 4.78 is 36.2. The van der Waals surface area contributed by atoms with Gasteiger partial charge in [-0.25, -0.2) is 13.6 Å². The Kier molecular flexibility index (Phi) is 4.88. The third kappa shape index (κ3) is 3.44. The molecule has 0 radical (unpaired) electrons. The highest BCUT2D eigenvalue weighted by Crippen LogP contribution is 2.39. The Hall–Kier alpha value is -3.71. The van der Waals surface area contributed by atoms with Gasteiger partial charge in [-0.3, -0.25) is 4.57 Å². The molecule has 2 aliphatic heterocycles. The van der Waals surface area contributed by atoms with Crippen molar-refractivity contribution in [3.8, 4) is 5.75 Å².